The van der Waals surface area contributed by atoms with E-state index in [4.69, 9.17) is 9.47 Å². The largest absolute Gasteiger partial charge is 0.497 e. The van der Waals surface area contributed by atoms with Crippen LogP contribution < -0.4 is 14.4 Å². The second-order valence-electron chi connectivity index (χ2n) is 4.08. The van der Waals surface area contributed by atoms with Crippen LogP contribution in [0.15, 0.2) is 18.2 Å². The van der Waals surface area contributed by atoms with Gasteiger partial charge in [0.05, 0.1) is 13.2 Å². The van der Waals surface area contributed by atoms with E-state index < -0.39 is 0 Å². The average molecular weight is 207 g/mol. The molecule has 1 aliphatic rings. The zero-order chi connectivity index (χ0) is 10.8. The zero-order valence-electron chi connectivity index (χ0n) is 9.49. The highest BCUT2D eigenvalue weighted by atomic mass is 16.5. The summed E-state index contributed by atoms with van der Waals surface area (Å²) in [6.45, 7) is 0. The molecule has 0 bridgehead atoms. The topological polar surface area (TPSA) is 21.7 Å². The molecule has 0 spiro atoms. The molecular formula is C12H17NO2. The number of benzene rings is 1. The molecule has 0 unspecified atom stereocenters. The molecule has 1 fully saturated rings. The fourth-order valence-corrected chi connectivity index (χ4v) is 1.38. The van der Waals surface area contributed by atoms with E-state index in [0.29, 0.717) is 6.10 Å². The number of anilines is 1. The van der Waals surface area contributed by atoms with Gasteiger partial charge in [-0.15, -0.1) is 0 Å². The minimum Gasteiger partial charge on any atom is -0.497 e. The molecule has 0 saturated heterocycles. The summed E-state index contributed by atoms with van der Waals surface area (Å²) in [5.41, 5.74) is 1.10. The first-order valence-corrected chi connectivity index (χ1v) is 5.22. The van der Waals surface area contributed by atoms with Crippen LogP contribution in [0.1, 0.15) is 12.8 Å². The molecular weight excluding hydrogens is 190 g/mol. The van der Waals surface area contributed by atoms with Crippen molar-refractivity contribution in [2.75, 3.05) is 26.1 Å². The second kappa shape index (κ2) is 4.01. The summed E-state index contributed by atoms with van der Waals surface area (Å²) in [5.74, 6) is 1.75. The summed E-state index contributed by atoms with van der Waals surface area (Å²) in [6.07, 6.45) is 2.77. The van der Waals surface area contributed by atoms with Crippen LogP contribution in [-0.4, -0.2) is 27.3 Å². The Hall–Kier alpha value is -1.38. The standard InChI is InChI=1S/C12H17NO2/c1-13(2)9-6-11(14-3)8-12(7-9)15-10-4-5-10/h6-8,10H,4-5H2,1-3H3. The lowest BCUT2D eigenvalue weighted by Crippen LogP contribution is -2.09. The molecule has 1 aromatic carbocycles. The van der Waals surface area contributed by atoms with E-state index in [0.717, 1.165) is 17.2 Å². The summed E-state index contributed by atoms with van der Waals surface area (Å²) in [4.78, 5) is 2.04. The molecule has 0 N–H and O–H groups in total. The number of methoxy groups -OCH3 is 1. The van der Waals surface area contributed by atoms with Crippen molar-refractivity contribution in [3.8, 4) is 11.5 Å². The molecule has 82 valence electrons. The monoisotopic (exact) mass is 207 g/mol. The molecule has 0 radical (unpaired) electrons. The van der Waals surface area contributed by atoms with Gasteiger partial charge in [-0.05, 0) is 12.8 Å². The van der Waals surface area contributed by atoms with E-state index in [2.05, 4.69) is 0 Å². The van der Waals surface area contributed by atoms with Gasteiger partial charge in [0, 0.05) is 38.0 Å². The first-order chi connectivity index (χ1) is 7.19. The molecule has 3 heteroatoms. The Labute approximate surface area is 90.6 Å². The maximum absolute atomic E-state index is 5.75. The van der Waals surface area contributed by atoms with Gasteiger partial charge in [0.1, 0.15) is 11.5 Å². The molecule has 1 aromatic rings. The Balaban J connectivity index is 2.23. The summed E-state index contributed by atoms with van der Waals surface area (Å²) in [6, 6.07) is 5.98. The van der Waals surface area contributed by atoms with Crippen LogP contribution in [-0.2, 0) is 0 Å². The molecule has 0 amide bonds. The van der Waals surface area contributed by atoms with Crippen LogP contribution in [0, 0.1) is 0 Å². The molecule has 3 nitrogen and oxygen atoms in total. The predicted molar refractivity (Wildman–Crippen MR) is 61.0 cm³/mol. The van der Waals surface area contributed by atoms with Crippen molar-refractivity contribution in [1.29, 1.82) is 0 Å². The van der Waals surface area contributed by atoms with Crippen molar-refractivity contribution in [3.63, 3.8) is 0 Å². The highest BCUT2D eigenvalue weighted by molar-refractivity contribution is 5.54. The maximum atomic E-state index is 5.75. The van der Waals surface area contributed by atoms with E-state index in [1.807, 2.05) is 37.2 Å². The van der Waals surface area contributed by atoms with Crippen LogP contribution in [0.25, 0.3) is 0 Å². The molecule has 15 heavy (non-hydrogen) atoms. The van der Waals surface area contributed by atoms with Crippen LogP contribution in [0.2, 0.25) is 0 Å². The highest BCUT2D eigenvalue weighted by Crippen LogP contribution is 2.32. The summed E-state index contributed by atoms with van der Waals surface area (Å²) in [7, 11) is 5.70. The molecule has 0 atom stereocenters. The maximum Gasteiger partial charge on any atom is 0.125 e. The number of hydrogen-bond acceptors (Lipinski definition) is 3. The van der Waals surface area contributed by atoms with E-state index in [1.165, 1.54) is 12.8 Å². The Morgan fingerprint density at radius 2 is 1.80 bits per heavy atom. The van der Waals surface area contributed by atoms with Gasteiger partial charge in [-0.3, -0.25) is 0 Å². The van der Waals surface area contributed by atoms with Gasteiger partial charge in [-0.25, -0.2) is 0 Å². The number of hydrogen-bond donors (Lipinski definition) is 0. The number of nitrogens with zero attached hydrogens (tertiary/aromatic N) is 1. The first-order valence-electron chi connectivity index (χ1n) is 5.22. The lowest BCUT2D eigenvalue weighted by molar-refractivity contribution is 0.301. The third kappa shape index (κ3) is 2.55. The van der Waals surface area contributed by atoms with Crippen LogP contribution >= 0.6 is 0 Å². The molecule has 1 saturated carbocycles. The van der Waals surface area contributed by atoms with Crippen LogP contribution in [0.4, 0.5) is 5.69 Å². The summed E-state index contributed by atoms with van der Waals surface area (Å²) >= 11 is 0. The van der Waals surface area contributed by atoms with E-state index in [-0.39, 0.29) is 0 Å². The Kier molecular flexibility index (Phi) is 2.71. The predicted octanol–water partition coefficient (Wildman–Crippen LogP) is 2.30. The van der Waals surface area contributed by atoms with Crippen molar-refractivity contribution in [2.24, 2.45) is 0 Å². The van der Waals surface area contributed by atoms with E-state index in [1.54, 1.807) is 7.11 Å². The minimum absolute atomic E-state index is 0.423. The van der Waals surface area contributed by atoms with Crippen molar-refractivity contribution in [1.82, 2.24) is 0 Å². The Morgan fingerprint density at radius 1 is 1.13 bits per heavy atom. The minimum atomic E-state index is 0.423. The van der Waals surface area contributed by atoms with Crippen LogP contribution in [0.5, 0.6) is 11.5 Å². The number of rotatable bonds is 4. The normalized spacial score (nSPS) is 14.9. The Morgan fingerprint density at radius 3 is 2.33 bits per heavy atom. The van der Waals surface area contributed by atoms with Gasteiger partial charge in [-0.1, -0.05) is 0 Å². The van der Waals surface area contributed by atoms with Crippen molar-refractivity contribution < 1.29 is 9.47 Å². The van der Waals surface area contributed by atoms with Crippen molar-refractivity contribution in [3.05, 3.63) is 18.2 Å². The lowest BCUT2D eigenvalue weighted by Gasteiger charge is -2.15. The SMILES string of the molecule is COc1cc(OC2CC2)cc(N(C)C)c1. The first kappa shape index (κ1) is 10.1. The van der Waals surface area contributed by atoms with Gasteiger partial charge >= 0.3 is 0 Å². The van der Waals surface area contributed by atoms with Gasteiger partial charge < -0.3 is 14.4 Å². The third-order valence-electron chi connectivity index (χ3n) is 2.44. The molecule has 2 rings (SSSR count). The average Bonchev–Trinajstić information content (AvgIpc) is 3.01. The summed E-state index contributed by atoms with van der Waals surface area (Å²) < 4.78 is 11.0. The summed E-state index contributed by atoms with van der Waals surface area (Å²) in [5, 5.41) is 0. The fraction of sp³-hybridized carbons (Fsp3) is 0.500. The molecule has 0 heterocycles. The van der Waals surface area contributed by atoms with Crippen LogP contribution in [0.3, 0.4) is 0 Å². The third-order valence-corrected chi connectivity index (χ3v) is 2.44. The Bertz CT molecular complexity index is 345. The van der Waals surface area contributed by atoms with Gasteiger partial charge in [0.2, 0.25) is 0 Å². The second-order valence-corrected chi connectivity index (χ2v) is 4.08. The van der Waals surface area contributed by atoms with E-state index in [9.17, 15) is 0 Å². The molecule has 0 aliphatic heterocycles. The quantitative estimate of drug-likeness (QED) is 0.756. The van der Waals surface area contributed by atoms with E-state index >= 15 is 0 Å². The smallest absolute Gasteiger partial charge is 0.125 e. The lowest BCUT2D eigenvalue weighted by atomic mass is 10.2. The molecule has 0 aromatic heterocycles. The fourth-order valence-electron chi connectivity index (χ4n) is 1.38. The van der Waals surface area contributed by atoms with Gasteiger partial charge in [-0.2, -0.15) is 0 Å². The number of ether oxygens (including phenoxy) is 2. The molecule has 1 aliphatic carbocycles. The van der Waals surface area contributed by atoms with Gasteiger partial charge in [0.15, 0.2) is 0 Å². The van der Waals surface area contributed by atoms with Crippen molar-refractivity contribution >= 4 is 5.69 Å². The zero-order valence-corrected chi connectivity index (χ0v) is 9.49. The highest BCUT2D eigenvalue weighted by Gasteiger charge is 2.23. The van der Waals surface area contributed by atoms with Gasteiger partial charge in [0.25, 0.3) is 0 Å². The van der Waals surface area contributed by atoms with Crippen molar-refractivity contribution in [2.45, 2.75) is 18.9 Å².